The molecule has 0 unspecified atom stereocenters. The summed E-state index contributed by atoms with van der Waals surface area (Å²) in [4.78, 5) is 24.1. The average molecular weight is 355 g/mol. The second kappa shape index (κ2) is 9.27. The minimum absolute atomic E-state index is 0.133. The second-order valence-corrected chi connectivity index (χ2v) is 5.56. The lowest BCUT2D eigenvalue weighted by molar-refractivity contribution is -0.144. The highest BCUT2D eigenvalue weighted by atomic mass is 16.5. The summed E-state index contributed by atoms with van der Waals surface area (Å²) in [7, 11) is 2.84. The monoisotopic (exact) mass is 355 g/mol. The normalized spacial score (nSPS) is 11.8. The van der Waals surface area contributed by atoms with Crippen LogP contribution in [0.5, 0.6) is 11.5 Å². The van der Waals surface area contributed by atoms with E-state index in [2.05, 4.69) is 5.32 Å². The van der Waals surface area contributed by atoms with E-state index < -0.39 is 17.9 Å². The molecule has 6 heteroatoms. The van der Waals surface area contributed by atoms with Crippen LogP contribution in [0.25, 0.3) is 6.08 Å². The SMILES string of the molecule is COC(=O)[C@H](Cc1ccc(O)cc1)NC(=O)/C=C/c1cccc(OC)c1. The summed E-state index contributed by atoms with van der Waals surface area (Å²) in [5.41, 5.74) is 1.59. The van der Waals surface area contributed by atoms with Crippen LogP contribution in [0.15, 0.2) is 54.6 Å². The summed E-state index contributed by atoms with van der Waals surface area (Å²) in [5, 5.41) is 12.0. The number of benzene rings is 2. The van der Waals surface area contributed by atoms with Crippen LogP contribution in [-0.2, 0) is 20.7 Å². The third-order valence-corrected chi connectivity index (χ3v) is 3.70. The molecule has 2 aromatic rings. The molecule has 0 bridgehead atoms. The summed E-state index contributed by atoms with van der Waals surface area (Å²) in [6, 6.07) is 12.8. The quantitative estimate of drug-likeness (QED) is 0.588. The van der Waals surface area contributed by atoms with Crippen molar-refractivity contribution < 1.29 is 24.2 Å². The van der Waals surface area contributed by atoms with Crippen molar-refractivity contribution in [3.05, 3.63) is 65.7 Å². The predicted molar refractivity (Wildman–Crippen MR) is 97.8 cm³/mol. The number of methoxy groups -OCH3 is 2. The van der Waals surface area contributed by atoms with Gasteiger partial charge in [-0.2, -0.15) is 0 Å². The van der Waals surface area contributed by atoms with Crippen molar-refractivity contribution >= 4 is 18.0 Å². The fraction of sp³-hybridized carbons (Fsp3) is 0.200. The Morgan fingerprint density at radius 1 is 1.15 bits per heavy atom. The van der Waals surface area contributed by atoms with Crippen LogP contribution in [0.4, 0.5) is 0 Å². The van der Waals surface area contributed by atoms with Gasteiger partial charge < -0.3 is 19.9 Å². The van der Waals surface area contributed by atoms with Gasteiger partial charge in [0.15, 0.2) is 0 Å². The zero-order valence-electron chi connectivity index (χ0n) is 14.6. The van der Waals surface area contributed by atoms with Crippen molar-refractivity contribution in [2.75, 3.05) is 14.2 Å². The van der Waals surface area contributed by atoms with Gasteiger partial charge in [-0.25, -0.2) is 4.79 Å². The van der Waals surface area contributed by atoms with E-state index in [0.29, 0.717) is 5.75 Å². The third kappa shape index (κ3) is 5.66. The largest absolute Gasteiger partial charge is 0.508 e. The maximum absolute atomic E-state index is 12.2. The van der Waals surface area contributed by atoms with Gasteiger partial charge in [0.2, 0.25) is 5.91 Å². The van der Waals surface area contributed by atoms with Crippen molar-refractivity contribution in [2.45, 2.75) is 12.5 Å². The molecular formula is C20H21NO5. The van der Waals surface area contributed by atoms with E-state index in [-0.39, 0.29) is 12.2 Å². The first-order valence-electron chi connectivity index (χ1n) is 8.00. The minimum atomic E-state index is -0.827. The van der Waals surface area contributed by atoms with Gasteiger partial charge in [-0.05, 0) is 41.5 Å². The van der Waals surface area contributed by atoms with Gasteiger partial charge in [-0.3, -0.25) is 4.79 Å². The Hall–Kier alpha value is -3.28. The average Bonchev–Trinajstić information content (AvgIpc) is 2.67. The van der Waals surface area contributed by atoms with Gasteiger partial charge >= 0.3 is 5.97 Å². The molecule has 2 N–H and O–H groups in total. The maximum Gasteiger partial charge on any atom is 0.328 e. The number of hydrogen-bond acceptors (Lipinski definition) is 5. The Morgan fingerprint density at radius 2 is 1.88 bits per heavy atom. The number of rotatable bonds is 7. The van der Waals surface area contributed by atoms with Gasteiger partial charge in [0.05, 0.1) is 14.2 Å². The molecule has 0 radical (unpaired) electrons. The highest BCUT2D eigenvalue weighted by Gasteiger charge is 2.21. The van der Waals surface area contributed by atoms with Crippen LogP contribution in [0.1, 0.15) is 11.1 Å². The lowest BCUT2D eigenvalue weighted by Crippen LogP contribution is -2.42. The van der Waals surface area contributed by atoms with Crippen molar-refractivity contribution in [1.82, 2.24) is 5.32 Å². The zero-order valence-corrected chi connectivity index (χ0v) is 14.6. The Kier molecular flexibility index (Phi) is 6.79. The molecule has 0 aliphatic heterocycles. The minimum Gasteiger partial charge on any atom is -0.508 e. The van der Waals surface area contributed by atoms with Crippen LogP contribution in [0.3, 0.4) is 0 Å². The smallest absolute Gasteiger partial charge is 0.328 e. The molecule has 2 aromatic carbocycles. The topological polar surface area (TPSA) is 84.9 Å². The highest BCUT2D eigenvalue weighted by Crippen LogP contribution is 2.14. The molecule has 136 valence electrons. The standard InChI is InChI=1S/C20H21NO5/c1-25-17-5-3-4-14(12-17)8-11-19(23)21-18(20(24)26-2)13-15-6-9-16(22)10-7-15/h3-12,18,22H,13H2,1-2H3,(H,21,23)/b11-8+/t18-/m0/s1. The lowest BCUT2D eigenvalue weighted by atomic mass is 10.1. The van der Waals surface area contributed by atoms with E-state index in [9.17, 15) is 14.7 Å². The first-order valence-corrected chi connectivity index (χ1v) is 8.00. The fourth-order valence-electron chi connectivity index (χ4n) is 2.34. The molecule has 0 heterocycles. The van der Waals surface area contributed by atoms with Gasteiger partial charge in [-0.1, -0.05) is 24.3 Å². The van der Waals surface area contributed by atoms with E-state index in [4.69, 9.17) is 9.47 Å². The Balaban J connectivity index is 2.04. The number of ether oxygens (including phenoxy) is 2. The van der Waals surface area contributed by atoms with Gasteiger partial charge in [-0.15, -0.1) is 0 Å². The van der Waals surface area contributed by atoms with Gasteiger partial charge in [0.1, 0.15) is 17.5 Å². The van der Waals surface area contributed by atoms with Crippen molar-refractivity contribution in [1.29, 1.82) is 0 Å². The summed E-state index contributed by atoms with van der Waals surface area (Å²) in [5.74, 6) is -0.135. The first kappa shape index (κ1) is 19.1. The van der Waals surface area contributed by atoms with E-state index in [1.165, 1.54) is 25.3 Å². The van der Waals surface area contributed by atoms with E-state index in [1.807, 2.05) is 18.2 Å². The molecule has 26 heavy (non-hydrogen) atoms. The molecule has 2 rings (SSSR count). The first-order chi connectivity index (χ1) is 12.5. The molecule has 0 spiro atoms. The molecule has 0 fully saturated rings. The van der Waals surface area contributed by atoms with E-state index >= 15 is 0 Å². The molecule has 0 aliphatic rings. The maximum atomic E-state index is 12.2. The Morgan fingerprint density at radius 3 is 2.54 bits per heavy atom. The zero-order chi connectivity index (χ0) is 18.9. The Labute approximate surface area is 152 Å². The Bertz CT molecular complexity index is 783. The number of phenols is 1. The van der Waals surface area contributed by atoms with Crippen LogP contribution in [0, 0.1) is 0 Å². The molecule has 0 saturated carbocycles. The number of aromatic hydroxyl groups is 1. The molecule has 1 atom stereocenters. The summed E-state index contributed by atoms with van der Waals surface area (Å²) in [6.07, 6.45) is 3.24. The molecule has 0 aromatic heterocycles. The van der Waals surface area contributed by atoms with Crippen molar-refractivity contribution in [3.8, 4) is 11.5 Å². The van der Waals surface area contributed by atoms with Crippen LogP contribution in [-0.4, -0.2) is 37.2 Å². The van der Waals surface area contributed by atoms with E-state index in [1.54, 1.807) is 31.4 Å². The molecular weight excluding hydrogens is 334 g/mol. The number of carbonyl (C=O) groups is 2. The molecule has 0 aliphatic carbocycles. The number of amides is 1. The number of hydrogen-bond donors (Lipinski definition) is 2. The third-order valence-electron chi connectivity index (χ3n) is 3.70. The molecule has 1 amide bonds. The number of nitrogens with one attached hydrogen (secondary N) is 1. The van der Waals surface area contributed by atoms with E-state index in [0.717, 1.165) is 11.1 Å². The van der Waals surface area contributed by atoms with Crippen LogP contribution in [0.2, 0.25) is 0 Å². The predicted octanol–water partition coefficient (Wildman–Crippen LogP) is 2.31. The number of carbonyl (C=O) groups excluding carboxylic acids is 2. The lowest BCUT2D eigenvalue weighted by Gasteiger charge is -2.15. The molecule has 6 nitrogen and oxygen atoms in total. The number of phenolic OH excluding ortho intramolecular Hbond substituents is 1. The van der Waals surface area contributed by atoms with Crippen molar-refractivity contribution in [3.63, 3.8) is 0 Å². The van der Waals surface area contributed by atoms with Gasteiger partial charge in [0.25, 0.3) is 0 Å². The van der Waals surface area contributed by atoms with Crippen molar-refractivity contribution in [2.24, 2.45) is 0 Å². The van der Waals surface area contributed by atoms with Crippen LogP contribution >= 0.6 is 0 Å². The van der Waals surface area contributed by atoms with Crippen LogP contribution < -0.4 is 10.1 Å². The molecule has 0 saturated heterocycles. The second-order valence-electron chi connectivity index (χ2n) is 5.56. The summed E-state index contributed by atoms with van der Waals surface area (Å²) < 4.78 is 9.89. The number of esters is 1. The summed E-state index contributed by atoms with van der Waals surface area (Å²) >= 11 is 0. The highest BCUT2D eigenvalue weighted by molar-refractivity contribution is 5.94. The van der Waals surface area contributed by atoms with Gasteiger partial charge in [0, 0.05) is 12.5 Å². The summed E-state index contributed by atoms with van der Waals surface area (Å²) in [6.45, 7) is 0. The fourth-order valence-corrected chi connectivity index (χ4v) is 2.34.